The van der Waals surface area contributed by atoms with Crippen molar-refractivity contribution in [3.63, 3.8) is 0 Å². The summed E-state index contributed by atoms with van der Waals surface area (Å²) in [5.41, 5.74) is 2.05. The second-order valence-corrected chi connectivity index (χ2v) is 9.38. The monoisotopic (exact) mass is 471 g/mol. The Labute approximate surface area is 201 Å². The quantitative estimate of drug-likeness (QED) is 0.622. The largest absolute Gasteiger partial charge is 0.497 e. The number of carbonyl (C=O) groups excluding carboxylic acids is 1. The van der Waals surface area contributed by atoms with Crippen LogP contribution in [0.4, 0.5) is 5.69 Å². The maximum atomic E-state index is 12.7. The normalized spacial score (nSPS) is 22.1. The molecule has 2 fully saturated rings. The number of likely N-dealkylation sites (tertiary alicyclic amines) is 1. The highest BCUT2D eigenvalue weighted by Crippen LogP contribution is 2.28. The van der Waals surface area contributed by atoms with Gasteiger partial charge >= 0.3 is 0 Å². The minimum atomic E-state index is 0.0544. The van der Waals surface area contributed by atoms with E-state index in [0.29, 0.717) is 18.4 Å². The fourth-order valence-corrected chi connectivity index (χ4v) is 5.13. The maximum Gasteiger partial charge on any atom is 0.224 e. The van der Waals surface area contributed by atoms with Gasteiger partial charge in [0.1, 0.15) is 5.75 Å². The summed E-state index contributed by atoms with van der Waals surface area (Å²) in [5.74, 6) is 1.24. The predicted molar refractivity (Wildman–Crippen MR) is 132 cm³/mol. The summed E-state index contributed by atoms with van der Waals surface area (Å²) < 4.78 is 10.8. The fourth-order valence-electron chi connectivity index (χ4n) is 5.00. The third-order valence-electron chi connectivity index (χ3n) is 6.71. The lowest BCUT2D eigenvalue weighted by molar-refractivity contribution is -0.116. The third kappa shape index (κ3) is 6.93. The molecule has 6 nitrogen and oxygen atoms in total. The number of methoxy groups -OCH3 is 1. The van der Waals surface area contributed by atoms with Crippen LogP contribution in [-0.2, 0) is 16.1 Å². The molecule has 0 aromatic heterocycles. The molecule has 2 aliphatic rings. The highest BCUT2D eigenvalue weighted by molar-refractivity contribution is 6.30. The van der Waals surface area contributed by atoms with Crippen LogP contribution in [0.3, 0.4) is 0 Å². The molecule has 2 atom stereocenters. The molecule has 2 saturated heterocycles. The molecule has 0 saturated carbocycles. The van der Waals surface area contributed by atoms with Crippen LogP contribution in [0.15, 0.2) is 48.5 Å². The lowest BCUT2D eigenvalue weighted by atomic mass is 9.86. The van der Waals surface area contributed by atoms with Crippen LogP contribution in [0, 0.1) is 5.92 Å². The number of benzene rings is 2. The standard InChI is InChI=1S/C26H34ClN3O3/c1-32-24-4-2-3-23(17-24)28-26(31)10-7-21-19-29(18-20-5-8-22(27)9-6-20)12-11-25(21)30-13-15-33-16-14-30/h2-6,8-9,17,21,25H,7,10-16,18-19H2,1H3,(H,28,31)/t21-,25+/m0/s1. The lowest BCUT2D eigenvalue weighted by Crippen LogP contribution is -2.53. The van der Waals surface area contributed by atoms with Crippen LogP contribution in [0.2, 0.25) is 5.02 Å². The zero-order valence-corrected chi connectivity index (χ0v) is 20.1. The molecule has 0 radical (unpaired) electrons. The molecular weight excluding hydrogens is 438 g/mol. The van der Waals surface area contributed by atoms with Crippen molar-refractivity contribution in [3.05, 3.63) is 59.1 Å². The first kappa shape index (κ1) is 24.0. The first-order valence-electron chi connectivity index (χ1n) is 11.8. The second-order valence-electron chi connectivity index (χ2n) is 8.94. The van der Waals surface area contributed by atoms with E-state index >= 15 is 0 Å². The number of hydrogen-bond acceptors (Lipinski definition) is 5. The van der Waals surface area contributed by atoms with E-state index in [9.17, 15) is 4.79 Å². The van der Waals surface area contributed by atoms with E-state index < -0.39 is 0 Å². The van der Waals surface area contributed by atoms with Gasteiger partial charge in [-0.3, -0.25) is 14.6 Å². The Hall–Kier alpha value is -2.12. The maximum absolute atomic E-state index is 12.7. The van der Waals surface area contributed by atoms with Crippen LogP contribution < -0.4 is 10.1 Å². The molecule has 0 aliphatic carbocycles. The van der Waals surface area contributed by atoms with E-state index in [4.69, 9.17) is 21.1 Å². The van der Waals surface area contributed by atoms with Gasteiger partial charge in [0.15, 0.2) is 0 Å². The van der Waals surface area contributed by atoms with E-state index in [1.807, 2.05) is 36.4 Å². The molecule has 2 aliphatic heterocycles. The predicted octanol–water partition coefficient (Wildman–Crippen LogP) is 4.29. The molecule has 0 bridgehead atoms. The van der Waals surface area contributed by atoms with Crippen molar-refractivity contribution in [1.82, 2.24) is 9.80 Å². The Morgan fingerprint density at radius 3 is 2.70 bits per heavy atom. The number of amides is 1. The van der Waals surface area contributed by atoms with Crippen LogP contribution in [0.25, 0.3) is 0 Å². The average Bonchev–Trinajstić information content (AvgIpc) is 2.85. The topological polar surface area (TPSA) is 54.0 Å². The smallest absolute Gasteiger partial charge is 0.224 e. The Morgan fingerprint density at radius 1 is 1.15 bits per heavy atom. The molecule has 2 aromatic rings. The summed E-state index contributed by atoms with van der Waals surface area (Å²) in [6.07, 6.45) is 2.50. The first-order chi connectivity index (χ1) is 16.1. The molecule has 2 aromatic carbocycles. The molecular formula is C26H34ClN3O3. The van der Waals surface area contributed by atoms with Crippen LogP contribution in [-0.4, -0.2) is 68.3 Å². The summed E-state index contributed by atoms with van der Waals surface area (Å²) in [4.78, 5) is 17.8. The Balaban J connectivity index is 1.37. The summed E-state index contributed by atoms with van der Waals surface area (Å²) in [6.45, 7) is 6.54. The number of carbonyl (C=O) groups is 1. The molecule has 0 spiro atoms. The van der Waals surface area contributed by atoms with Crippen molar-refractivity contribution < 1.29 is 14.3 Å². The number of nitrogens with one attached hydrogen (secondary N) is 1. The number of halogens is 1. The van der Waals surface area contributed by atoms with Crippen LogP contribution >= 0.6 is 11.6 Å². The zero-order chi connectivity index (χ0) is 23.0. The highest BCUT2D eigenvalue weighted by atomic mass is 35.5. The highest BCUT2D eigenvalue weighted by Gasteiger charge is 2.34. The molecule has 33 heavy (non-hydrogen) atoms. The van der Waals surface area contributed by atoms with Crippen LogP contribution in [0.5, 0.6) is 5.75 Å². The third-order valence-corrected chi connectivity index (χ3v) is 6.96. The van der Waals surface area contributed by atoms with Gasteiger partial charge in [-0.05, 0) is 55.1 Å². The number of nitrogens with zero attached hydrogens (tertiary/aromatic N) is 2. The van der Waals surface area contributed by atoms with Gasteiger partial charge in [0, 0.05) is 55.4 Å². The molecule has 7 heteroatoms. The molecule has 1 N–H and O–H groups in total. The number of hydrogen-bond donors (Lipinski definition) is 1. The van der Waals surface area contributed by atoms with Crippen molar-refractivity contribution in [2.75, 3.05) is 51.8 Å². The van der Waals surface area contributed by atoms with E-state index in [2.05, 4.69) is 27.2 Å². The van der Waals surface area contributed by atoms with E-state index in [0.717, 1.165) is 75.2 Å². The van der Waals surface area contributed by atoms with Crippen molar-refractivity contribution >= 4 is 23.2 Å². The van der Waals surface area contributed by atoms with Gasteiger partial charge in [-0.25, -0.2) is 0 Å². The van der Waals surface area contributed by atoms with Gasteiger partial charge in [0.2, 0.25) is 5.91 Å². The summed E-state index contributed by atoms with van der Waals surface area (Å²) in [5, 5.41) is 3.80. The van der Waals surface area contributed by atoms with Gasteiger partial charge in [-0.1, -0.05) is 29.8 Å². The Bertz CT molecular complexity index is 902. The molecule has 1 amide bonds. The Morgan fingerprint density at radius 2 is 1.94 bits per heavy atom. The van der Waals surface area contributed by atoms with Gasteiger partial charge in [-0.15, -0.1) is 0 Å². The fraction of sp³-hybridized carbons (Fsp3) is 0.500. The Kier molecular flexibility index (Phi) is 8.62. The SMILES string of the molecule is COc1cccc(NC(=O)CC[C@H]2CN(Cc3ccc(Cl)cc3)CC[C@H]2N2CCOCC2)c1. The van der Waals surface area contributed by atoms with Crippen molar-refractivity contribution in [2.45, 2.75) is 31.8 Å². The molecule has 178 valence electrons. The number of ether oxygens (including phenoxy) is 2. The second kappa shape index (κ2) is 11.8. The molecule has 4 rings (SSSR count). The van der Waals surface area contributed by atoms with E-state index in [-0.39, 0.29) is 5.91 Å². The summed E-state index contributed by atoms with van der Waals surface area (Å²) in [6, 6.07) is 16.1. The van der Waals surface area contributed by atoms with Gasteiger partial charge in [0.05, 0.1) is 20.3 Å². The lowest BCUT2D eigenvalue weighted by Gasteiger charge is -2.45. The minimum Gasteiger partial charge on any atom is -0.497 e. The average molecular weight is 472 g/mol. The van der Waals surface area contributed by atoms with Gasteiger partial charge in [0.25, 0.3) is 0 Å². The van der Waals surface area contributed by atoms with Crippen molar-refractivity contribution in [1.29, 1.82) is 0 Å². The first-order valence-corrected chi connectivity index (χ1v) is 12.2. The van der Waals surface area contributed by atoms with E-state index in [1.54, 1.807) is 7.11 Å². The van der Waals surface area contributed by atoms with E-state index in [1.165, 1.54) is 5.56 Å². The number of rotatable bonds is 8. The number of morpholine rings is 1. The van der Waals surface area contributed by atoms with Gasteiger partial charge < -0.3 is 14.8 Å². The van der Waals surface area contributed by atoms with Crippen molar-refractivity contribution in [3.8, 4) is 5.75 Å². The molecule has 0 unspecified atom stereocenters. The van der Waals surface area contributed by atoms with Crippen molar-refractivity contribution in [2.24, 2.45) is 5.92 Å². The molecule has 2 heterocycles. The summed E-state index contributed by atoms with van der Waals surface area (Å²) in [7, 11) is 1.63. The zero-order valence-electron chi connectivity index (χ0n) is 19.3. The summed E-state index contributed by atoms with van der Waals surface area (Å²) >= 11 is 6.05. The number of anilines is 1. The van der Waals surface area contributed by atoms with Gasteiger partial charge in [-0.2, -0.15) is 0 Å². The van der Waals surface area contributed by atoms with Crippen LogP contribution in [0.1, 0.15) is 24.8 Å². The minimum absolute atomic E-state index is 0.0544. The number of piperidine rings is 1.